The highest BCUT2D eigenvalue weighted by molar-refractivity contribution is 14.1. The van der Waals surface area contributed by atoms with E-state index in [4.69, 9.17) is 9.47 Å². The SMILES string of the molecule is CCOC(=O)c1ccc2ncc(C(=O)OCC)c(Nc3ccc(I)cc3)c2c1. The molecule has 0 radical (unpaired) electrons. The second kappa shape index (κ2) is 9.01. The summed E-state index contributed by atoms with van der Waals surface area (Å²) in [5, 5.41) is 3.92. The predicted octanol–water partition coefficient (Wildman–Crippen LogP) is 4.94. The van der Waals surface area contributed by atoms with E-state index in [0.29, 0.717) is 27.7 Å². The standard InChI is InChI=1S/C21H19IN2O4/c1-3-27-20(25)13-5-10-18-16(11-13)19(17(12-23-18)21(26)28-4-2)24-15-8-6-14(22)7-9-15/h5-12H,3-4H2,1-2H3,(H,23,24). The highest BCUT2D eigenvalue weighted by Gasteiger charge is 2.18. The maximum atomic E-state index is 12.5. The predicted molar refractivity (Wildman–Crippen MR) is 116 cm³/mol. The molecule has 144 valence electrons. The summed E-state index contributed by atoms with van der Waals surface area (Å²) in [6, 6.07) is 12.8. The van der Waals surface area contributed by atoms with E-state index in [9.17, 15) is 9.59 Å². The summed E-state index contributed by atoms with van der Waals surface area (Å²) in [6.45, 7) is 4.04. The van der Waals surface area contributed by atoms with Crippen molar-refractivity contribution in [3.8, 4) is 0 Å². The lowest BCUT2D eigenvalue weighted by molar-refractivity contribution is 0.0518. The number of hydrogen-bond donors (Lipinski definition) is 1. The number of benzene rings is 2. The number of carbonyl (C=O) groups excluding carboxylic acids is 2. The Morgan fingerprint density at radius 3 is 2.36 bits per heavy atom. The zero-order chi connectivity index (χ0) is 20.1. The van der Waals surface area contributed by atoms with Crippen molar-refractivity contribution in [2.75, 3.05) is 18.5 Å². The molecule has 3 rings (SSSR count). The van der Waals surface area contributed by atoms with Gasteiger partial charge in [0, 0.05) is 20.8 Å². The van der Waals surface area contributed by atoms with Gasteiger partial charge in [-0.2, -0.15) is 0 Å². The summed E-state index contributed by atoms with van der Waals surface area (Å²) in [4.78, 5) is 29.0. The van der Waals surface area contributed by atoms with Crippen LogP contribution in [-0.2, 0) is 9.47 Å². The molecule has 1 heterocycles. The molecule has 6 nitrogen and oxygen atoms in total. The van der Waals surface area contributed by atoms with Crippen molar-refractivity contribution in [1.82, 2.24) is 4.98 Å². The number of ether oxygens (including phenoxy) is 2. The molecule has 0 aliphatic carbocycles. The van der Waals surface area contributed by atoms with Crippen LogP contribution in [0.15, 0.2) is 48.7 Å². The van der Waals surface area contributed by atoms with E-state index in [0.717, 1.165) is 9.26 Å². The smallest absolute Gasteiger partial charge is 0.341 e. The van der Waals surface area contributed by atoms with Crippen LogP contribution in [-0.4, -0.2) is 30.1 Å². The number of aromatic nitrogens is 1. The average molecular weight is 490 g/mol. The minimum Gasteiger partial charge on any atom is -0.462 e. The molecule has 28 heavy (non-hydrogen) atoms. The summed E-state index contributed by atoms with van der Waals surface area (Å²) in [5.74, 6) is -0.905. The summed E-state index contributed by atoms with van der Waals surface area (Å²) < 4.78 is 11.4. The second-order valence-corrected chi connectivity index (χ2v) is 7.10. The Hall–Kier alpha value is -2.68. The van der Waals surface area contributed by atoms with Crippen LogP contribution < -0.4 is 5.32 Å². The van der Waals surface area contributed by atoms with Gasteiger partial charge in [-0.1, -0.05) is 0 Å². The lowest BCUT2D eigenvalue weighted by atomic mass is 10.1. The molecule has 0 spiro atoms. The zero-order valence-electron chi connectivity index (χ0n) is 15.5. The molecule has 1 N–H and O–H groups in total. The first-order valence-corrected chi connectivity index (χ1v) is 9.91. The number of halogens is 1. The Kier molecular flexibility index (Phi) is 6.45. The lowest BCUT2D eigenvalue weighted by Crippen LogP contribution is -2.10. The number of hydrogen-bond acceptors (Lipinski definition) is 6. The number of nitrogens with one attached hydrogen (secondary N) is 1. The number of rotatable bonds is 6. The molecule has 0 aliphatic rings. The number of anilines is 2. The topological polar surface area (TPSA) is 77.5 Å². The molecule has 0 atom stereocenters. The largest absolute Gasteiger partial charge is 0.462 e. The molecular weight excluding hydrogens is 471 g/mol. The second-order valence-electron chi connectivity index (χ2n) is 5.85. The van der Waals surface area contributed by atoms with E-state index < -0.39 is 11.9 Å². The van der Waals surface area contributed by atoms with Gasteiger partial charge in [0.1, 0.15) is 5.56 Å². The molecule has 0 amide bonds. The van der Waals surface area contributed by atoms with E-state index in [1.54, 1.807) is 32.0 Å². The van der Waals surface area contributed by atoms with Crippen LogP contribution in [0.1, 0.15) is 34.6 Å². The highest BCUT2D eigenvalue weighted by atomic mass is 127. The van der Waals surface area contributed by atoms with Crippen molar-refractivity contribution in [2.24, 2.45) is 0 Å². The number of carbonyl (C=O) groups is 2. The summed E-state index contributed by atoms with van der Waals surface area (Å²) in [6.07, 6.45) is 1.49. The van der Waals surface area contributed by atoms with Crippen molar-refractivity contribution in [1.29, 1.82) is 0 Å². The first-order valence-electron chi connectivity index (χ1n) is 8.83. The van der Waals surface area contributed by atoms with Crippen LogP contribution in [0.5, 0.6) is 0 Å². The minimum atomic E-state index is -0.480. The van der Waals surface area contributed by atoms with Crippen molar-refractivity contribution in [3.05, 3.63) is 63.4 Å². The van der Waals surface area contributed by atoms with Gasteiger partial charge in [0.05, 0.1) is 30.0 Å². The van der Waals surface area contributed by atoms with Crippen molar-refractivity contribution in [3.63, 3.8) is 0 Å². The van der Waals surface area contributed by atoms with Crippen LogP contribution in [0.3, 0.4) is 0 Å². The number of fused-ring (bicyclic) bond motifs is 1. The van der Waals surface area contributed by atoms with Gasteiger partial charge >= 0.3 is 11.9 Å². The fourth-order valence-electron chi connectivity index (χ4n) is 2.71. The van der Waals surface area contributed by atoms with Crippen molar-refractivity contribution in [2.45, 2.75) is 13.8 Å². The molecule has 0 unspecified atom stereocenters. The zero-order valence-corrected chi connectivity index (χ0v) is 17.6. The normalized spacial score (nSPS) is 10.5. The number of nitrogens with zero attached hydrogens (tertiary/aromatic N) is 1. The molecule has 0 fully saturated rings. The molecule has 0 saturated heterocycles. The van der Waals surface area contributed by atoms with E-state index in [1.165, 1.54) is 6.20 Å². The Balaban J connectivity index is 2.16. The monoisotopic (exact) mass is 490 g/mol. The molecule has 0 saturated carbocycles. The van der Waals surface area contributed by atoms with E-state index in [2.05, 4.69) is 32.9 Å². The summed E-state index contributed by atoms with van der Waals surface area (Å²) >= 11 is 2.23. The first-order chi connectivity index (χ1) is 13.5. The van der Waals surface area contributed by atoms with Gasteiger partial charge in [-0.3, -0.25) is 4.98 Å². The Morgan fingerprint density at radius 1 is 1.00 bits per heavy atom. The third-order valence-corrected chi connectivity index (χ3v) is 4.71. The average Bonchev–Trinajstić information content (AvgIpc) is 2.70. The number of esters is 2. The van der Waals surface area contributed by atoms with Crippen LogP contribution in [0, 0.1) is 3.57 Å². The van der Waals surface area contributed by atoms with Crippen LogP contribution in [0.4, 0.5) is 11.4 Å². The third-order valence-electron chi connectivity index (χ3n) is 3.99. The lowest BCUT2D eigenvalue weighted by Gasteiger charge is -2.15. The Labute approximate surface area is 176 Å². The van der Waals surface area contributed by atoms with Gasteiger partial charge < -0.3 is 14.8 Å². The fraction of sp³-hybridized carbons (Fsp3) is 0.190. The van der Waals surface area contributed by atoms with E-state index in [1.807, 2.05) is 24.3 Å². The maximum absolute atomic E-state index is 12.5. The van der Waals surface area contributed by atoms with Gasteiger partial charge in [-0.15, -0.1) is 0 Å². The van der Waals surface area contributed by atoms with Gasteiger partial charge in [-0.25, -0.2) is 9.59 Å². The Morgan fingerprint density at radius 2 is 1.68 bits per heavy atom. The van der Waals surface area contributed by atoms with Crippen molar-refractivity contribution < 1.29 is 19.1 Å². The molecule has 1 aromatic heterocycles. The first kappa shape index (κ1) is 20.1. The molecule has 2 aromatic carbocycles. The highest BCUT2D eigenvalue weighted by Crippen LogP contribution is 2.31. The van der Waals surface area contributed by atoms with Crippen LogP contribution in [0.2, 0.25) is 0 Å². The minimum absolute atomic E-state index is 0.253. The maximum Gasteiger partial charge on any atom is 0.341 e. The fourth-order valence-corrected chi connectivity index (χ4v) is 3.07. The molecule has 7 heteroatoms. The van der Waals surface area contributed by atoms with Crippen LogP contribution in [0.25, 0.3) is 10.9 Å². The van der Waals surface area contributed by atoms with Gasteiger partial charge in [-0.05, 0) is 78.9 Å². The van der Waals surface area contributed by atoms with Crippen molar-refractivity contribution >= 4 is 56.8 Å². The summed E-state index contributed by atoms with van der Waals surface area (Å²) in [5.41, 5.74) is 2.68. The third kappa shape index (κ3) is 4.41. The van der Waals surface area contributed by atoms with Gasteiger partial charge in [0.25, 0.3) is 0 Å². The molecule has 0 aliphatic heterocycles. The van der Waals surface area contributed by atoms with E-state index in [-0.39, 0.29) is 13.2 Å². The van der Waals surface area contributed by atoms with E-state index >= 15 is 0 Å². The summed E-state index contributed by atoms with van der Waals surface area (Å²) in [7, 11) is 0. The Bertz CT molecular complexity index is 1010. The molecular formula is C21H19IN2O4. The van der Waals surface area contributed by atoms with Crippen LogP contribution >= 0.6 is 22.6 Å². The molecule has 0 bridgehead atoms. The molecule has 3 aromatic rings. The van der Waals surface area contributed by atoms with Gasteiger partial charge in [0.2, 0.25) is 0 Å². The number of pyridine rings is 1. The quantitative estimate of drug-likeness (QED) is 0.390. The van der Waals surface area contributed by atoms with Gasteiger partial charge in [0.15, 0.2) is 0 Å².